The van der Waals surface area contributed by atoms with Gasteiger partial charge in [-0.05, 0) is 68.7 Å². The van der Waals surface area contributed by atoms with Crippen molar-refractivity contribution in [2.45, 2.75) is 44.8 Å². The highest BCUT2D eigenvalue weighted by molar-refractivity contribution is 6.30. The number of nitrogens with one attached hydrogen (secondary N) is 1. The van der Waals surface area contributed by atoms with Gasteiger partial charge in [0.05, 0.1) is 11.0 Å². The van der Waals surface area contributed by atoms with E-state index in [1.807, 2.05) is 70.2 Å². The first-order valence-electron chi connectivity index (χ1n) is 10.2. The van der Waals surface area contributed by atoms with Crippen molar-refractivity contribution < 1.29 is 9.53 Å². The molecule has 3 nitrogen and oxygen atoms in total. The van der Waals surface area contributed by atoms with Gasteiger partial charge in [-0.15, -0.1) is 0 Å². The number of carbonyl (C=O) groups excluding carboxylic acids is 1. The Morgan fingerprint density at radius 2 is 1.60 bits per heavy atom. The maximum absolute atomic E-state index is 13.4. The summed E-state index contributed by atoms with van der Waals surface area (Å²) in [5.74, 6) is 1.02. The predicted octanol–water partition coefficient (Wildman–Crippen LogP) is 6.54. The molecule has 0 saturated carbocycles. The van der Waals surface area contributed by atoms with Gasteiger partial charge in [0, 0.05) is 21.8 Å². The monoisotopic (exact) mass is 417 g/mol. The molecule has 0 bridgehead atoms. The molecule has 0 aliphatic carbocycles. The van der Waals surface area contributed by atoms with Gasteiger partial charge in [0.2, 0.25) is 0 Å². The third-order valence-corrected chi connectivity index (χ3v) is 6.56. The number of hydrogen-bond acceptors (Lipinski definition) is 3. The third kappa shape index (κ3) is 2.69. The zero-order valence-corrected chi connectivity index (χ0v) is 18.3. The van der Waals surface area contributed by atoms with Crippen molar-refractivity contribution in [3.8, 4) is 16.9 Å². The van der Waals surface area contributed by atoms with E-state index in [0.717, 1.165) is 39.3 Å². The van der Waals surface area contributed by atoms with Gasteiger partial charge >= 0.3 is 0 Å². The van der Waals surface area contributed by atoms with E-state index in [1.54, 1.807) is 0 Å². The van der Waals surface area contributed by atoms with Gasteiger partial charge in [-0.2, -0.15) is 0 Å². The standard InChI is InChI=1S/C26H24ClNO2/c1-25(2)22-19(28-26(3,4)24(25)29)14-13-18-17-7-5-6-8-20(17)30-23(21(18)22)15-9-11-16(27)12-10-15/h5-14,23,28H,1-4H3/t23-/m0/s1. The molecule has 1 atom stereocenters. The number of hydrogen-bond donors (Lipinski definition) is 1. The number of fused-ring (bicyclic) bond motifs is 5. The van der Waals surface area contributed by atoms with Crippen LogP contribution in [-0.4, -0.2) is 11.3 Å². The number of ether oxygens (including phenoxy) is 1. The van der Waals surface area contributed by atoms with Gasteiger partial charge in [0.25, 0.3) is 0 Å². The molecule has 0 unspecified atom stereocenters. The third-order valence-electron chi connectivity index (χ3n) is 6.31. The molecule has 1 N–H and O–H groups in total. The highest BCUT2D eigenvalue weighted by Crippen LogP contribution is 2.52. The Balaban J connectivity index is 1.84. The zero-order valence-electron chi connectivity index (χ0n) is 17.5. The van der Waals surface area contributed by atoms with Crippen molar-refractivity contribution in [1.29, 1.82) is 0 Å². The fourth-order valence-electron chi connectivity index (χ4n) is 5.04. The van der Waals surface area contributed by atoms with Crippen molar-refractivity contribution in [2.75, 3.05) is 5.32 Å². The lowest BCUT2D eigenvalue weighted by Gasteiger charge is -2.45. The second-order valence-electron chi connectivity index (χ2n) is 9.20. The zero-order chi connectivity index (χ0) is 21.3. The van der Waals surface area contributed by atoms with Crippen molar-refractivity contribution in [1.82, 2.24) is 0 Å². The van der Waals surface area contributed by atoms with Crippen molar-refractivity contribution in [3.05, 3.63) is 82.4 Å². The minimum atomic E-state index is -0.657. The molecular weight excluding hydrogens is 394 g/mol. The molecule has 3 aromatic rings. The van der Waals surface area contributed by atoms with Crippen LogP contribution in [-0.2, 0) is 10.2 Å². The summed E-state index contributed by atoms with van der Waals surface area (Å²) in [5.41, 5.74) is 4.94. The molecule has 152 valence electrons. The molecule has 4 heteroatoms. The van der Waals surface area contributed by atoms with Gasteiger partial charge in [0.15, 0.2) is 5.78 Å². The van der Waals surface area contributed by atoms with Gasteiger partial charge in [0.1, 0.15) is 11.9 Å². The summed E-state index contributed by atoms with van der Waals surface area (Å²) in [6, 6.07) is 20.1. The maximum atomic E-state index is 13.4. The minimum Gasteiger partial charge on any atom is -0.480 e. The quantitative estimate of drug-likeness (QED) is 0.488. The lowest BCUT2D eigenvalue weighted by Crippen LogP contribution is -2.54. The van der Waals surface area contributed by atoms with E-state index in [0.29, 0.717) is 5.02 Å². The average Bonchev–Trinajstić information content (AvgIpc) is 2.71. The molecule has 2 aliphatic rings. The Morgan fingerprint density at radius 3 is 2.33 bits per heavy atom. The molecule has 30 heavy (non-hydrogen) atoms. The summed E-state index contributed by atoms with van der Waals surface area (Å²) in [6.07, 6.45) is -0.322. The second kappa shape index (κ2) is 6.36. The first-order valence-corrected chi connectivity index (χ1v) is 10.6. The van der Waals surface area contributed by atoms with Crippen molar-refractivity contribution in [2.24, 2.45) is 0 Å². The summed E-state index contributed by atoms with van der Waals surface area (Å²) in [6.45, 7) is 7.94. The Bertz CT molecular complexity index is 1180. The van der Waals surface area contributed by atoms with Gasteiger partial charge < -0.3 is 10.1 Å². The first-order chi connectivity index (χ1) is 14.2. The average molecular weight is 418 g/mol. The second-order valence-corrected chi connectivity index (χ2v) is 9.64. The molecular formula is C26H24ClNO2. The Morgan fingerprint density at radius 1 is 0.900 bits per heavy atom. The lowest BCUT2D eigenvalue weighted by atomic mass is 9.66. The number of halogens is 1. The van der Waals surface area contributed by atoms with E-state index in [9.17, 15) is 4.79 Å². The first kappa shape index (κ1) is 19.2. The minimum absolute atomic E-state index is 0.171. The Labute approximate surface area is 182 Å². The van der Waals surface area contributed by atoms with E-state index in [-0.39, 0.29) is 11.9 Å². The number of para-hydroxylation sites is 1. The van der Waals surface area contributed by atoms with Crippen LogP contribution in [0.4, 0.5) is 5.69 Å². The number of benzene rings is 3. The van der Waals surface area contributed by atoms with E-state index in [4.69, 9.17) is 16.3 Å². The summed E-state index contributed by atoms with van der Waals surface area (Å²) < 4.78 is 6.55. The normalized spacial score (nSPS) is 20.3. The van der Waals surface area contributed by atoms with Crippen LogP contribution in [0.2, 0.25) is 5.02 Å². The maximum Gasteiger partial charge on any atom is 0.167 e. The molecule has 0 aromatic heterocycles. The summed E-state index contributed by atoms with van der Waals surface area (Å²) >= 11 is 6.15. The van der Waals surface area contributed by atoms with Crippen LogP contribution in [0.3, 0.4) is 0 Å². The summed E-state index contributed by atoms with van der Waals surface area (Å²) in [4.78, 5) is 13.4. The molecule has 0 amide bonds. The molecule has 0 saturated heterocycles. The highest BCUT2D eigenvalue weighted by atomic mass is 35.5. The van der Waals surface area contributed by atoms with Crippen LogP contribution in [0.25, 0.3) is 11.1 Å². The molecule has 0 fully saturated rings. The van der Waals surface area contributed by atoms with Crippen LogP contribution < -0.4 is 10.1 Å². The van der Waals surface area contributed by atoms with Crippen LogP contribution >= 0.6 is 11.6 Å². The highest BCUT2D eigenvalue weighted by Gasteiger charge is 2.49. The van der Waals surface area contributed by atoms with E-state index < -0.39 is 11.0 Å². The number of anilines is 1. The van der Waals surface area contributed by atoms with Crippen molar-refractivity contribution in [3.63, 3.8) is 0 Å². The SMILES string of the molecule is CC1(C)Nc2ccc3c(c2C(C)(C)C1=O)[C@H](c1ccc(Cl)cc1)Oc1ccccc1-3. The topological polar surface area (TPSA) is 38.3 Å². The molecule has 0 spiro atoms. The summed E-state index contributed by atoms with van der Waals surface area (Å²) in [5, 5.41) is 4.16. The van der Waals surface area contributed by atoms with Gasteiger partial charge in [-0.25, -0.2) is 0 Å². The van der Waals surface area contributed by atoms with E-state index in [1.165, 1.54) is 0 Å². The fourth-order valence-corrected chi connectivity index (χ4v) is 5.17. The van der Waals surface area contributed by atoms with Crippen molar-refractivity contribution >= 4 is 23.1 Å². The van der Waals surface area contributed by atoms with Crippen LogP contribution in [0.5, 0.6) is 5.75 Å². The molecule has 2 heterocycles. The number of carbonyl (C=O) groups is 1. The van der Waals surface area contributed by atoms with Gasteiger partial charge in [-0.1, -0.05) is 48.0 Å². The Hall–Kier alpha value is -2.78. The van der Waals surface area contributed by atoms with Crippen LogP contribution in [0.1, 0.15) is 50.5 Å². The van der Waals surface area contributed by atoms with E-state index >= 15 is 0 Å². The van der Waals surface area contributed by atoms with Crippen LogP contribution in [0, 0.1) is 0 Å². The molecule has 0 radical (unpaired) electrons. The number of Topliss-reactive ketones (excluding diaryl/α,β-unsaturated/α-hetero) is 1. The lowest BCUT2D eigenvalue weighted by molar-refractivity contribution is -0.127. The largest absolute Gasteiger partial charge is 0.480 e. The molecule has 2 aliphatic heterocycles. The number of ketones is 1. The molecule has 5 rings (SSSR count). The van der Waals surface area contributed by atoms with Gasteiger partial charge in [-0.3, -0.25) is 4.79 Å². The Kier molecular flexibility index (Phi) is 4.07. The molecule has 3 aromatic carbocycles. The summed E-state index contributed by atoms with van der Waals surface area (Å²) in [7, 11) is 0. The number of rotatable bonds is 1. The predicted molar refractivity (Wildman–Crippen MR) is 122 cm³/mol. The smallest absolute Gasteiger partial charge is 0.167 e. The van der Waals surface area contributed by atoms with E-state index in [2.05, 4.69) is 23.5 Å². The fraction of sp³-hybridized carbons (Fsp3) is 0.269. The van der Waals surface area contributed by atoms with Crippen LogP contribution in [0.15, 0.2) is 60.7 Å².